The van der Waals surface area contributed by atoms with Gasteiger partial charge in [0.1, 0.15) is 0 Å². The van der Waals surface area contributed by atoms with Gasteiger partial charge >= 0.3 is 5.97 Å². The van der Waals surface area contributed by atoms with Gasteiger partial charge in [-0.15, -0.1) is 0 Å². The van der Waals surface area contributed by atoms with Crippen LogP contribution in [0.4, 0.5) is 5.69 Å². The number of hydrogen-bond acceptors (Lipinski definition) is 5. The number of carbonyl (C=O) groups is 1. The largest absolute Gasteiger partial charge is 0.465 e. The molecule has 3 aromatic rings. The number of pyridine rings is 1. The molecule has 1 aromatic heterocycles. The lowest BCUT2D eigenvalue weighted by Gasteiger charge is -2.21. The molecule has 2 aromatic carbocycles. The molecule has 0 fully saturated rings. The molecule has 0 spiro atoms. The fourth-order valence-corrected chi connectivity index (χ4v) is 3.41. The smallest absolute Gasteiger partial charge is 0.340 e. The van der Waals surface area contributed by atoms with Crippen LogP contribution in [0.25, 0.3) is 10.8 Å². The normalized spacial score (nSPS) is 11.0. The second-order valence-corrected chi connectivity index (χ2v) is 6.77. The van der Waals surface area contributed by atoms with Crippen molar-refractivity contribution in [2.24, 2.45) is 0 Å². The van der Waals surface area contributed by atoms with Crippen LogP contribution in [0.2, 0.25) is 0 Å². The van der Waals surface area contributed by atoms with Crippen LogP contribution < -0.4 is 5.56 Å². The Labute approximate surface area is 161 Å². The molecule has 0 N–H and O–H groups in total. The molecular weight excluding hydrogens is 360 g/mol. The van der Waals surface area contributed by atoms with Crippen molar-refractivity contribution in [1.29, 1.82) is 0 Å². The maximum atomic E-state index is 13.3. The topological polar surface area (TPSA) is 91.4 Å². The van der Waals surface area contributed by atoms with Gasteiger partial charge < -0.3 is 9.30 Å². The molecule has 1 heterocycles. The molecule has 0 atom stereocenters. The summed E-state index contributed by atoms with van der Waals surface area (Å²) in [5.41, 5.74) is 1.11. The number of non-ortho nitro benzene ring substituents is 1. The van der Waals surface area contributed by atoms with Crippen molar-refractivity contribution in [3.05, 3.63) is 85.8 Å². The van der Waals surface area contributed by atoms with Crippen molar-refractivity contribution < 1.29 is 14.5 Å². The Morgan fingerprint density at radius 1 is 1.14 bits per heavy atom. The molecule has 0 saturated carbocycles. The summed E-state index contributed by atoms with van der Waals surface area (Å²) in [5.74, 6) is -0.727. The lowest BCUT2D eigenvalue weighted by Crippen LogP contribution is -2.28. The minimum absolute atomic E-state index is 0.120. The van der Waals surface area contributed by atoms with Crippen LogP contribution in [0.3, 0.4) is 0 Å². The Balaban J connectivity index is 2.43. The van der Waals surface area contributed by atoms with E-state index >= 15 is 0 Å². The summed E-state index contributed by atoms with van der Waals surface area (Å²) >= 11 is 0. The standard InChI is InChI=1S/C21H20N2O5/c1-13(2)19-18(21(25)28-3)16-10-9-15(23(26)27)11-17(16)20(24)22(19)12-14-7-5-4-6-8-14/h4-11,13H,12H2,1-3H3. The number of nitrogens with zero attached hydrogens (tertiary/aromatic N) is 2. The third-order valence-electron chi connectivity index (χ3n) is 4.63. The van der Waals surface area contributed by atoms with Gasteiger partial charge in [-0.05, 0) is 17.5 Å². The second kappa shape index (κ2) is 7.64. The Hall–Kier alpha value is -3.48. The van der Waals surface area contributed by atoms with E-state index in [4.69, 9.17) is 4.74 Å². The maximum Gasteiger partial charge on any atom is 0.340 e. The van der Waals surface area contributed by atoms with Gasteiger partial charge in [0.2, 0.25) is 0 Å². The Bertz CT molecular complexity index is 1120. The molecule has 0 aliphatic carbocycles. The summed E-state index contributed by atoms with van der Waals surface area (Å²) in [7, 11) is 1.27. The van der Waals surface area contributed by atoms with E-state index in [1.165, 1.54) is 29.9 Å². The molecule has 0 aliphatic heterocycles. The number of nitro benzene ring substituents is 1. The van der Waals surface area contributed by atoms with E-state index in [0.29, 0.717) is 11.1 Å². The number of esters is 1. The first-order valence-corrected chi connectivity index (χ1v) is 8.82. The number of fused-ring (bicyclic) bond motifs is 1. The molecule has 28 heavy (non-hydrogen) atoms. The van der Waals surface area contributed by atoms with Gasteiger partial charge in [0.15, 0.2) is 0 Å². The highest BCUT2D eigenvalue weighted by atomic mass is 16.6. The monoisotopic (exact) mass is 380 g/mol. The number of methoxy groups -OCH3 is 1. The highest BCUT2D eigenvalue weighted by Crippen LogP contribution is 2.29. The number of carbonyl (C=O) groups excluding carboxylic acids is 1. The van der Waals surface area contributed by atoms with Gasteiger partial charge in [-0.1, -0.05) is 44.2 Å². The van der Waals surface area contributed by atoms with Gasteiger partial charge in [0.25, 0.3) is 11.2 Å². The van der Waals surface area contributed by atoms with E-state index in [-0.39, 0.29) is 34.7 Å². The third-order valence-corrected chi connectivity index (χ3v) is 4.63. The highest BCUT2D eigenvalue weighted by molar-refractivity contribution is 6.05. The minimum Gasteiger partial charge on any atom is -0.465 e. The van der Waals surface area contributed by atoms with Crippen LogP contribution in [-0.2, 0) is 11.3 Å². The zero-order chi connectivity index (χ0) is 20.4. The van der Waals surface area contributed by atoms with Crippen LogP contribution in [0.1, 0.15) is 41.4 Å². The van der Waals surface area contributed by atoms with Crippen molar-refractivity contribution >= 4 is 22.4 Å². The quantitative estimate of drug-likeness (QED) is 0.381. The summed E-state index contributed by atoms with van der Waals surface area (Å²) in [6, 6.07) is 13.3. The van der Waals surface area contributed by atoms with Crippen LogP contribution >= 0.6 is 0 Å². The maximum absolute atomic E-state index is 13.3. The van der Waals surface area contributed by atoms with E-state index in [1.807, 2.05) is 44.2 Å². The summed E-state index contributed by atoms with van der Waals surface area (Å²) in [5, 5.41) is 11.7. The Kier molecular flexibility index (Phi) is 5.26. The van der Waals surface area contributed by atoms with Crippen molar-refractivity contribution in [3.8, 4) is 0 Å². The molecule has 0 saturated heterocycles. The highest BCUT2D eigenvalue weighted by Gasteiger charge is 2.25. The second-order valence-electron chi connectivity index (χ2n) is 6.77. The fourth-order valence-electron chi connectivity index (χ4n) is 3.41. The van der Waals surface area contributed by atoms with Gasteiger partial charge in [0, 0.05) is 23.2 Å². The van der Waals surface area contributed by atoms with Crippen LogP contribution in [0.15, 0.2) is 53.3 Å². The van der Waals surface area contributed by atoms with Crippen molar-refractivity contribution in [1.82, 2.24) is 4.57 Å². The molecule has 0 aliphatic rings. The predicted octanol–water partition coefficient (Wildman–Crippen LogP) is 3.87. The van der Waals surface area contributed by atoms with Crippen LogP contribution in [0, 0.1) is 10.1 Å². The van der Waals surface area contributed by atoms with Crippen molar-refractivity contribution in [2.45, 2.75) is 26.3 Å². The summed E-state index contributed by atoms with van der Waals surface area (Å²) < 4.78 is 6.48. The summed E-state index contributed by atoms with van der Waals surface area (Å²) in [6.45, 7) is 4.02. The zero-order valence-corrected chi connectivity index (χ0v) is 15.8. The lowest BCUT2D eigenvalue weighted by molar-refractivity contribution is -0.384. The number of nitro groups is 1. The first kappa shape index (κ1) is 19.3. The van der Waals surface area contributed by atoms with E-state index in [9.17, 15) is 19.7 Å². The molecule has 3 rings (SSSR count). The molecule has 0 unspecified atom stereocenters. The van der Waals surface area contributed by atoms with Crippen molar-refractivity contribution in [2.75, 3.05) is 7.11 Å². The predicted molar refractivity (Wildman–Crippen MR) is 106 cm³/mol. The van der Waals surface area contributed by atoms with E-state index in [2.05, 4.69) is 0 Å². The molecular formula is C21H20N2O5. The number of benzene rings is 2. The molecule has 7 nitrogen and oxygen atoms in total. The van der Waals surface area contributed by atoms with E-state index in [0.717, 1.165) is 5.56 Å². The lowest BCUT2D eigenvalue weighted by atomic mass is 9.96. The number of ether oxygens (including phenoxy) is 1. The van der Waals surface area contributed by atoms with Gasteiger partial charge in [-0.2, -0.15) is 0 Å². The minimum atomic E-state index is -0.579. The molecule has 7 heteroatoms. The number of rotatable bonds is 5. The summed E-state index contributed by atoms with van der Waals surface area (Å²) in [6.07, 6.45) is 0. The average molecular weight is 380 g/mol. The van der Waals surface area contributed by atoms with Gasteiger partial charge in [-0.25, -0.2) is 4.79 Å². The average Bonchev–Trinajstić information content (AvgIpc) is 2.69. The molecule has 0 amide bonds. The number of hydrogen-bond donors (Lipinski definition) is 0. The number of aromatic nitrogens is 1. The van der Waals surface area contributed by atoms with Gasteiger partial charge in [0.05, 0.1) is 29.5 Å². The zero-order valence-electron chi connectivity index (χ0n) is 15.8. The molecule has 0 bridgehead atoms. The first-order chi connectivity index (χ1) is 13.3. The SMILES string of the molecule is COC(=O)c1c(C(C)C)n(Cc2ccccc2)c(=O)c2cc([N+](=O)[O-])ccc12. The summed E-state index contributed by atoms with van der Waals surface area (Å²) in [4.78, 5) is 36.5. The fraction of sp³-hybridized carbons (Fsp3) is 0.238. The van der Waals surface area contributed by atoms with Gasteiger partial charge in [-0.3, -0.25) is 14.9 Å². The first-order valence-electron chi connectivity index (χ1n) is 8.82. The van der Waals surface area contributed by atoms with Crippen molar-refractivity contribution in [3.63, 3.8) is 0 Å². The van der Waals surface area contributed by atoms with E-state index in [1.54, 1.807) is 0 Å². The van der Waals surface area contributed by atoms with Crippen LogP contribution in [-0.4, -0.2) is 22.6 Å². The molecule has 0 radical (unpaired) electrons. The Morgan fingerprint density at radius 3 is 2.39 bits per heavy atom. The molecule has 144 valence electrons. The Morgan fingerprint density at radius 2 is 1.82 bits per heavy atom. The van der Waals surface area contributed by atoms with Crippen LogP contribution in [0.5, 0.6) is 0 Å². The third kappa shape index (κ3) is 3.38. The van der Waals surface area contributed by atoms with E-state index < -0.39 is 10.9 Å².